The van der Waals surface area contributed by atoms with Gasteiger partial charge in [0.05, 0.1) is 7.11 Å². The molecule has 0 N–H and O–H groups in total. The second kappa shape index (κ2) is 9.35. The lowest BCUT2D eigenvalue weighted by Gasteiger charge is -2.03. The summed E-state index contributed by atoms with van der Waals surface area (Å²) in [4.78, 5) is 0. The molecule has 0 fully saturated rings. The van der Waals surface area contributed by atoms with Gasteiger partial charge >= 0.3 is 0 Å². The van der Waals surface area contributed by atoms with Crippen molar-refractivity contribution in [2.75, 3.05) is 13.0 Å². The molecule has 0 aliphatic rings. The van der Waals surface area contributed by atoms with Crippen LogP contribution in [-0.2, 0) is 6.42 Å². The number of rotatable bonds is 9. The third-order valence-electron chi connectivity index (χ3n) is 3.01. The molecule has 1 rings (SSSR count). The fourth-order valence-electron chi connectivity index (χ4n) is 1.92. The lowest BCUT2D eigenvalue weighted by atomic mass is 10.0. The zero-order valence-corrected chi connectivity index (χ0v) is 11.5. The molecule has 0 aliphatic carbocycles. The van der Waals surface area contributed by atoms with Crippen LogP contribution in [0.4, 0.5) is 0 Å². The van der Waals surface area contributed by atoms with Crippen LogP contribution in [0.2, 0.25) is 0 Å². The smallest absolute Gasteiger partial charge is 0.118 e. The molecule has 96 valence electrons. The molecular formula is C15H23ClO. The van der Waals surface area contributed by atoms with Gasteiger partial charge in [0.2, 0.25) is 0 Å². The molecule has 0 bridgehead atoms. The second-order valence-electron chi connectivity index (χ2n) is 4.41. The first-order chi connectivity index (χ1) is 8.36. The molecule has 2 heteroatoms. The quantitative estimate of drug-likeness (QED) is 0.454. The molecule has 0 unspecified atom stereocenters. The van der Waals surface area contributed by atoms with Gasteiger partial charge in [-0.1, -0.05) is 37.8 Å². The molecule has 1 nitrogen and oxygen atoms in total. The van der Waals surface area contributed by atoms with Crippen molar-refractivity contribution in [3.63, 3.8) is 0 Å². The summed E-state index contributed by atoms with van der Waals surface area (Å²) >= 11 is 5.64. The number of unbranched alkanes of at least 4 members (excludes halogenated alkanes) is 5. The standard InChI is InChI=1S/C15H23ClO/c1-17-15-11-9-14(10-12-15)8-6-4-2-3-5-7-13-16/h9-12H,2-8,13H2,1H3. The topological polar surface area (TPSA) is 9.23 Å². The molecule has 0 atom stereocenters. The highest BCUT2D eigenvalue weighted by molar-refractivity contribution is 6.17. The van der Waals surface area contributed by atoms with E-state index in [0.717, 1.165) is 11.6 Å². The van der Waals surface area contributed by atoms with Crippen LogP contribution in [0.3, 0.4) is 0 Å². The van der Waals surface area contributed by atoms with Gasteiger partial charge in [-0.3, -0.25) is 0 Å². The van der Waals surface area contributed by atoms with Gasteiger partial charge in [-0.05, 0) is 37.0 Å². The first-order valence-electron chi connectivity index (χ1n) is 6.55. The van der Waals surface area contributed by atoms with E-state index in [-0.39, 0.29) is 0 Å². The predicted molar refractivity (Wildman–Crippen MR) is 75.1 cm³/mol. The summed E-state index contributed by atoms with van der Waals surface area (Å²) in [5, 5.41) is 0. The van der Waals surface area contributed by atoms with Gasteiger partial charge in [0.25, 0.3) is 0 Å². The Hall–Kier alpha value is -0.690. The van der Waals surface area contributed by atoms with Crippen molar-refractivity contribution in [3.05, 3.63) is 29.8 Å². The summed E-state index contributed by atoms with van der Waals surface area (Å²) in [6, 6.07) is 8.39. The van der Waals surface area contributed by atoms with Crippen LogP contribution in [0, 0.1) is 0 Å². The molecule has 0 heterocycles. The number of benzene rings is 1. The Labute approximate surface area is 110 Å². The summed E-state index contributed by atoms with van der Waals surface area (Å²) in [6.45, 7) is 0. The minimum absolute atomic E-state index is 0.811. The first kappa shape index (κ1) is 14.4. The Morgan fingerprint density at radius 3 is 2.06 bits per heavy atom. The molecule has 0 amide bonds. The molecule has 0 aliphatic heterocycles. The van der Waals surface area contributed by atoms with Gasteiger partial charge in [-0.15, -0.1) is 11.6 Å². The number of methoxy groups -OCH3 is 1. The molecule has 0 radical (unpaired) electrons. The van der Waals surface area contributed by atoms with Crippen LogP contribution < -0.4 is 4.74 Å². The number of alkyl halides is 1. The molecule has 1 aromatic carbocycles. The Bertz CT molecular complexity index is 281. The van der Waals surface area contributed by atoms with E-state index in [1.165, 1.54) is 50.5 Å². The molecule has 17 heavy (non-hydrogen) atoms. The van der Waals surface area contributed by atoms with Crippen molar-refractivity contribution in [2.45, 2.75) is 44.9 Å². The zero-order valence-electron chi connectivity index (χ0n) is 10.8. The summed E-state index contributed by atoms with van der Waals surface area (Å²) in [5.74, 6) is 1.75. The van der Waals surface area contributed by atoms with Crippen LogP contribution in [0.25, 0.3) is 0 Å². The molecular weight excluding hydrogens is 232 g/mol. The highest BCUT2D eigenvalue weighted by Gasteiger charge is 1.95. The molecule has 0 aromatic heterocycles. The van der Waals surface area contributed by atoms with Crippen LogP contribution in [0.1, 0.15) is 44.1 Å². The molecule has 0 spiro atoms. The van der Waals surface area contributed by atoms with E-state index in [1.807, 2.05) is 12.1 Å². The normalized spacial score (nSPS) is 10.5. The van der Waals surface area contributed by atoms with Crippen molar-refractivity contribution >= 4 is 11.6 Å². The second-order valence-corrected chi connectivity index (χ2v) is 4.79. The van der Waals surface area contributed by atoms with Crippen LogP contribution in [0.15, 0.2) is 24.3 Å². The van der Waals surface area contributed by atoms with E-state index in [9.17, 15) is 0 Å². The highest BCUT2D eigenvalue weighted by atomic mass is 35.5. The van der Waals surface area contributed by atoms with Crippen LogP contribution >= 0.6 is 11.6 Å². The van der Waals surface area contributed by atoms with Gasteiger partial charge in [-0.25, -0.2) is 0 Å². The van der Waals surface area contributed by atoms with Crippen molar-refractivity contribution in [1.82, 2.24) is 0 Å². The van der Waals surface area contributed by atoms with Crippen LogP contribution in [-0.4, -0.2) is 13.0 Å². The van der Waals surface area contributed by atoms with Gasteiger partial charge in [-0.2, -0.15) is 0 Å². The summed E-state index contributed by atoms with van der Waals surface area (Å²) in [6.07, 6.45) is 8.91. The van der Waals surface area contributed by atoms with Gasteiger partial charge in [0.1, 0.15) is 5.75 Å². The SMILES string of the molecule is COc1ccc(CCCCCCCCCl)cc1. The maximum absolute atomic E-state index is 5.64. The molecule has 0 saturated heterocycles. The largest absolute Gasteiger partial charge is 0.497 e. The van der Waals surface area contributed by atoms with Crippen molar-refractivity contribution in [3.8, 4) is 5.75 Å². The summed E-state index contributed by atoms with van der Waals surface area (Å²) in [7, 11) is 1.70. The van der Waals surface area contributed by atoms with E-state index < -0.39 is 0 Å². The van der Waals surface area contributed by atoms with Crippen molar-refractivity contribution in [2.24, 2.45) is 0 Å². The molecule has 1 aromatic rings. The number of aryl methyl sites for hydroxylation is 1. The van der Waals surface area contributed by atoms with E-state index in [2.05, 4.69) is 12.1 Å². The monoisotopic (exact) mass is 254 g/mol. The minimum atomic E-state index is 0.811. The Morgan fingerprint density at radius 2 is 1.47 bits per heavy atom. The summed E-state index contributed by atoms with van der Waals surface area (Å²) in [5.41, 5.74) is 1.41. The number of hydrogen-bond donors (Lipinski definition) is 0. The lowest BCUT2D eigenvalue weighted by Crippen LogP contribution is -1.88. The maximum Gasteiger partial charge on any atom is 0.118 e. The third-order valence-corrected chi connectivity index (χ3v) is 3.28. The number of ether oxygens (including phenoxy) is 1. The number of halogens is 1. The van der Waals surface area contributed by atoms with E-state index in [1.54, 1.807) is 7.11 Å². The minimum Gasteiger partial charge on any atom is -0.497 e. The fraction of sp³-hybridized carbons (Fsp3) is 0.600. The average Bonchev–Trinajstić information content (AvgIpc) is 2.38. The Balaban J connectivity index is 2.05. The van der Waals surface area contributed by atoms with E-state index >= 15 is 0 Å². The average molecular weight is 255 g/mol. The van der Waals surface area contributed by atoms with Gasteiger partial charge in [0, 0.05) is 5.88 Å². The number of hydrogen-bond acceptors (Lipinski definition) is 1. The third kappa shape index (κ3) is 6.58. The lowest BCUT2D eigenvalue weighted by molar-refractivity contribution is 0.414. The Morgan fingerprint density at radius 1 is 0.882 bits per heavy atom. The van der Waals surface area contributed by atoms with Gasteiger partial charge < -0.3 is 4.74 Å². The fourth-order valence-corrected chi connectivity index (χ4v) is 2.11. The maximum atomic E-state index is 5.64. The van der Waals surface area contributed by atoms with Gasteiger partial charge in [0.15, 0.2) is 0 Å². The zero-order chi connectivity index (χ0) is 12.3. The van der Waals surface area contributed by atoms with E-state index in [0.29, 0.717) is 0 Å². The molecule has 0 saturated carbocycles. The van der Waals surface area contributed by atoms with Crippen molar-refractivity contribution < 1.29 is 4.74 Å². The van der Waals surface area contributed by atoms with Crippen molar-refractivity contribution in [1.29, 1.82) is 0 Å². The van der Waals surface area contributed by atoms with Crippen LogP contribution in [0.5, 0.6) is 5.75 Å². The summed E-state index contributed by atoms with van der Waals surface area (Å²) < 4.78 is 5.14. The predicted octanol–water partition coefficient (Wildman–Crippen LogP) is 4.82. The first-order valence-corrected chi connectivity index (χ1v) is 7.09. The Kier molecular flexibility index (Phi) is 7.91. The van der Waals surface area contributed by atoms with E-state index in [4.69, 9.17) is 16.3 Å². The highest BCUT2D eigenvalue weighted by Crippen LogP contribution is 2.14.